The average Bonchev–Trinajstić information content (AvgIpc) is 2.15. The molecule has 1 rings (SSSR count). The number of hydrogen-bond donors (Lipinski definition) is 1. The van der Waals surface area contributed by atoms with Crippen LogP contribution in [0.5, 0.6) is 0 Å². The molecule has 0 radical (unpaired) electrons. The smallest absolute Gasteiger partial charge is 0.336 e. The van der Waals surface area contributed by atoms with Crippen molar-refractivity contribution in [2.45, 2.75) is 64.1 Å². The van der Waals surface area contributed by atoms with E-state index >= 15 is 0 Å². The van der Waals surface area contributed by atoms with Gasteiger partial charge in [0.2, 0.25) is 0 Å². The molecule has 1 aliphatic rings. The van der Waals surface area contributed by atoms with Crippen molar-refractivity contribution in [3.05, 3.63) is 0 Å². The summed E-state index contributed by atoms with van der Waals surface area (Å²) in [4.78, 5) is 12.2. The molecule has 1 unspecified atom stereocenters. The minimum atomic E-state index is -1.09. The number of thiocarbonyl (C=S) groups is 1. The number of aliphatic carboxylic acids is 1. The van der Waals surface area contributed by atoms with Gasteiger partial charge in [0.1, 0.15) is 0 Å². The first kappa shape index (κ1) is 13.6. The lowest BCUT2D eigenvalue weighted by molar-refractivity contribution is -0.200. The Morgan fingerprint density at radius 3 is 2.50 bits per heavy atom. The molecule has 0 aromatic heterocycles. The Kier molecular flexibility index (Phi) is 4.07. The number of ether oxygens (including phenoxy) is 1. The molecule has 0 aromatic carbocycles. The normalized spacial score (nSPS) is 28.7. The third-order valence-electron chi connectivity index (χ3n) is 3.10. The van der Waals surface area contributed by atoms with Gasteiger partial charge in [-0.25, -0.2) is 4.79 Å². The van der Waals surface area contributed by atoms with E-state index in [9.17, 15) is 9.90 Å². The summed E-state index contributed by atoms with van der Waals surface area (Å²) in [6.07, 6.45) is 3.43. The van der Waals surface area contributed by atoms with Crippen LogP contribution in [0.3, 0.4) is 0 Å². The van der Waals surface area contributed by atoms with Crippen molar-refractivity contribution in [2.75, 3.05) is 0 Å². The van der Waals surface area contributed by atoms with E-state index in [-0.39, 0.29) is 5.60 Å². The maximum atomic E-state index is 11.4. The second-order valence-corrected chi connectivity index (χ2v) is 5.66. The highest BCUT2D eigenvalue weighted by atomic mass is 32.1. The average molecular weight is 244 g/mol. The van der Waals surface area contributed by atoms with Crippen LogP contribution in [-0.4, -0.2) is 27.1 Å². The molecule has 1 N–H and O–H groups in total. The fourth-order valence-electron chi connectivity index (χ4n) is 2.22. The lowest BCUT2D eigenvalue weighted by Gasteiger charge is -2.42. The number of carboxylic acid groups (broad SMARTS) is 1. The van der Waals surface area contributed by atoms with Gasteiger partial charge in [-0.05, 0) is 44.4 Å². The fraction of sp³-hybridized carbons (Fsp3) is 0.833. The summed E-state index contributed by atoms with van der Waals surface area (Å²) in [5, 5.41) is 9.38. The van der Waals surface area contributed by atoms with Gasteiger partial charge in [0.15, 0.2) is 5.60 Å². The second-order valence-electron chi connectivity index (χ2n) is 5.08. The minimum Gasteiger partial charge on any atom is -0.479 e. The molecule has 3 nitrogen and oxygen atoms in total. The summed E-state index contributed by atoms with van der Waals surface area (Å²) in [5.74, 6) is -0.879. The molecule has 0 spiro atoms. The quantitative estimate of drug-likeness (QED) is 0.772. The van der Waals surface area contributed by atoms with Crippen LogP contribution in [0.25, 0.3) is 0 Å². The van der Waals surface area contributed by atoms with Gasteiger partial charge in [-0.2, -0.15) is 0 Å². The highest BCUT2D eigenvalue weighted by molar-refractivity contribution is 7.80. The third kappa shape index (κ3) is 3.01. The first-order valence-electron chi connectivity index (χ1n) is 5.76. The summed E-state index contributed by atoms with van der Waals surface area (Å²) >= 11 is 5.16. The molecule has 0 aromatic rings. The zero-order valence-electron chi connectivity index (χ0n) is 10.2. The largest absolute Gasteiger partial charge is 0.479 e. The standard InChI is InChI=1S/C12H20O3S/c1-4-9(16)8-12(10(13)14)7-5-6-11(2,3)15-12/h4-8H2,1-3H3,(H,13,14). The Hall–Kier alpha value is -0.480. The molecule has 0 aliphatic carbocycles. The Morgan fingerprint density at radius 2 is 2.06 bits per heavy atom. The van der Waals surface area contributed by atoms with Crippen LogP contribution in [0.15, 0.2) is 0 Å². The van der Waals surface area contributed by atoms with Gasteiger partial charge in [-0.3, -0.25) is 0 Å². The van der Waals surface area contributed by atoms with Crippen LogP contribution in [0.1, 0.15) is 52.9 Å². The maximum absolute atomic E-state index is 11.4. The molecular weight excluding hydrogens is 224 g/mol. The Bertz CT molecular complexity index is 299. The Labute approximate surface area is 102 Å². The number of carboxylic acids is 1. The highest BCUT2D eigenvalue weighted by Gasteiger charge is 2.47. The van der Waals surface area contributed by atoms with Crippen LogP contribution < -0.4 is 0 Å². The molecular formula is C12H20O3S. The first-order valence-corrected chi connectivity index (χ1v) is 6.17. The summed E-state index contributed by atoms with van der Waals surface area (Å²) in [5.41, 5.74) is -1.45. The van der Waals surface area contributed by atoms with E-state index in [1.807, 2.05) is 20.8 Å². The topological polar surface area (TPSA) is 46.5 Å². The fourth-order valence-corrected chi connectivity index (χ4v) is 2.46. The van der Waals surface area contributed by atoms with Gasteiger partial charge in [-0.15, -0.1) is 0 Å². The van der Waals surface area contributed by atoms with Crippen molar-refractivity contribution in [3.8, 4) is 0 Å². The van der Waals surface area contributed by atoms with Gasteiger partial charge in [0.25, 0.3) is 0 Å². The predicted molar refractivity (Wildman–Crippen MR) is 66.9 cm³/mol. The SMILES string of the molecule is CCC(=S)CC1(C(=O)O)CCCC(C)(C)O1. The van der Waals surface area contributed by atoms with E-state index in [4.69, 9.17) is 17.0 Å². The lowest BCUT2D eigenvalue weighted by Crippen LogP contribution is -2.51. The monoisotopic (exact) mass is 244 g/mol. The van der Waals surface area contributed by atoms with Gasteiger partial charge in [-0.1, -0.05) is 19.1 Å². The molecule has 0 saturated carbocycles. The van der Waals surface area contributed by atoms with Gasteiger partial charge in [0.05, 0.1) is 5.60 Å². The third-order valence-corrected chi connectivity index (χ3v) is 3.53. The zero-order chi connectivity index (χ0) is 12.4. The van der Waals surface area contributed by atoms with E-state index in [0.717, 1.165) is 24.1 Å². The van der Waals surface area contributed by atoms with Gasteiger partial charge in [0, 0.05) is 6.42 Å². The Balaban J connectivity index is 2.88. The van der Waals surface area contributed by atoms with Crippen LogP contribution >= 0.6 is 12.2 Å². The summed E-state index contributed by atoms with van der Waals surface area (Å²) in [6, 6.07) is 0. The van der Waals surface area contributed by atoms with Crippen molar-refractivity contribution in [3.63, 3.8) is 0 Å². The molecule has 0 amide bonds. The van der Waals surface area contributed by atoms with E-state index in [1.54, 1.807) is 0 Å². The van der Waals surface area contributed by atoms with E-state index in [2.05, 4.69) is 0 Å². The molecule has 1 aliphatic heterocycles. The van der Waals surface area contributed by atoms with Crippen LogP contribution in [0.2, 0.25) is 0 Å². The van der Waals surface area contributed by atoms with Crippen LogP contribution in [-0.2, 0) is 9.53 Å². The van der Waals surface area contributed by atoms with Crippen molar-refractivity contribution < 1.29 is 14.6 Å². The predicted octanol–water partition coefficient (Wildman–Crippen LogP) is 2.96. The van der Waals surface area contributed by atoms with Crippen molar-refractivity contribution in [1.82, 2.24) is 0 Å². The summed E-state index contributed by atoms with van der Waals surface area (Å²) in [6.45, 7) is 5.84. The molecule has 1 atom stereocenters. The lowest BCUT2D eigenvalue weighted by atomic mass is 9.83. The minimum absolute atomic E-state index is 0.359. The van der Waals surface area contributed by atoms with Crippen molar-refractivity contribution >= 4 is 23.1 Å². The number of hydrogen-bond acceptors (Lipinski definition) is 3. The molecule has 1 fully saturated rings. The maximum Gasteiger partial charge on any atom is 0.336 e. The summed E-state index contributed by atoms with van der Waals surface area (Å²) in [7, 11) is 0. The Morgan fingerprint density at radius 1 is 1.44 bits per heavy atom. The first-order chi connectivity index (χ1) is 7.31. The summed E-state index contributed by atoms with van der Waals surface area (Å²) < 4.78 is 5.81. The van der Waals surface area contributed by atoms with Gasteiger partial charge >= 0.3 is 5.97 Å². The highest BCUT2D eigenvalue weighted by Crippen LogP contribution is 2.38. The molecule has 16 heavy (non-hydrogen) atoms. The molecule has 92 valence electrons. The van der Waals surface area contributed by atoms with E-state index in [0.29, 0.717) is 12.8 Å². The van der Waals surface area contributed by atoms with Gasteiger partial charge < -0.3 is 9.84 Å². The van der Waals surface area contributed by atoms with Crippen molar-refractivity contribution in [2.24, 2.45) is 0 Å². The second kappa shape index (κ2) is 4.80. The molecule has 1 saturated heterocycles. The zero-order valence-corrected chi connectivity index (χ0v) is 11.0. The number of rotatable bonds is 4. The molecule has 1 heterocycles. The molecule has 0 bridgehead atoms. The van der Waals surface area contributed by atoms with E-state index in [1.165, 1.54) is 0 Å². The van der Waals surface area contributed by atoms with Crippen molar-refractivity contribution in [1.29, 1.82) is 0 Å². The van der Waals surface area contributed by atoms with E-state index < -0.39 is 11.6 Å². The van der Waals surface area contributed by atoms with Crippen LogP contribution in [0, 0.1) is 0 Å². The molecule has 4 heteroatoms. The van der Waals surface area contributed by atoms with Crippen LogP contribution in [0.4, 0.5) is 0 Å². The number of carbonyl (C=O) groups is 1.